The van der Waals surface area contributed by atoms with Crippen LogP contribution in [0.3, 0.4) is 0 Å². The number of carbonyl (C=O) groups excluding carboxylic acids is 3. The molecule has 0 saturated heterocycles. The number of carbonyl (C=O) groups is 3. The van der Waals surface area contributed by atoms with Crippen molar-refractivity contribution in [3.8, 4) is 0 Å². The zero-order valence-electron chi connectivity index (χ0n) is 29.8. The predicted octanol–water partition coefficient (Wildman–Crippen LogP) is 11.6. The summed E-state index contributed by atoms with van der Waals surface area (Å²) in [5.74, 6) is -1.39. The minimum atomic E-state index is -0.636. The standard InChI is InChI=1S/C39H75NO4/c1-4-6-8-10-12-14-16-18-20-22-24-26-28-30-32-34-37(41)36(39(43)40-35-38(42)44-3)33-31-29-27-25-23-21-19-17-15-13-11-9-7-5-2/h36H,4-35H2,1-3H3,(H,40,43). The Morgan fingerprint density at radius 2 is 0.795 bits per heavy atom. The Morgan fingerprint density at radius 1 is 0.477 bits per heavy atom. The fourth-order valence-corrected chi connectivity index (χ4v) is 6.18. The molecule has 0 aromatic heterocycles. The van der Waals surface area contributed by atoms with Gasteiger partial charge in [-0.25, -0.2) is 0 Å². The average Bonchev–Trinajstić information content (AvgIpc) is 3.03. The normalized spacial score (nSPS) is 11.9. The summed E-state index contributed by atoms with van der Waals surface area (Å²) in [5.41, 5.74) is 0. The molecule has 0 fully saturated rings. The molecule has 260 valence electrons. The largest absolute Gasteiger partial charge is 0.468 e. The summed E-state index contributed by atoms with van der Waals surface area (Å²) in [4.78, 5) is 37.3. The number of nitrogens with one attached hydrogen (secondary N) is 1. The number of ketones is 1. The summed E-state index contributed by atoms with van der Waals surface area (Å²) in [6.45, 7) is 4.37. The Kier molecular flexibility index (Phi) is 33.4. The van der Waals surface area contributed by atoms with Gasteiger partial charge in [0.25, 0.3) is 0 Å². The molecular formula is C39H75NO4. The van der Waals surface area contributed by atoms with Crippen molar-refractivity contribution >= 4 is 17.7 Å². The van der Waals surface area contributed by atoms with Crippen molar-refractivity contribution in [2.24, 2.45) is 5.92 Å². The third-order valence-electron chi connectivity index (χ3n) is 9.21. The van der Waals surface area contributed by atoms with Crippen LogP contribution in [0.4, 0.5) is 0 Å². The van der Waals surface area contributed by atoms with Crippen molar-refractivity contribution in [3.63, 3.8) is 0 Å². The van der Waals surface area contributed by atoms with Crippen LogP contribution in [0.15, 0.2) is 0 Å². The molecule has 0 spiro atoms. The fraction of sp³-hybridized carbons (Fsp3) is 0.923. The van der Waals surface area contributed by atoms with E-state index in [1.54, 1.807) is 0 Å². The molecule has 0 rings (SSSR count). The molecule has 44 heavy (non-hydrogen) atoms. The van der Waals surface area contributed by atoms with Gasteiger partial charge in [-0.05, 0) is 12.8 Å². The van der Waals surface area contributed by atoms with Gasteiger partial charge in [0.1, 0.15) is 12.3 Å². The number of esters is 1. The van der Waals surface area contributed by atoms with Crippen LogP contribution in [-0.4, -0.2) is 31.3 Å². The molecular weight excluding hydrogens is 546 g/mol. The van der Waals surface area contributed by atoms with Gasteiger partial charge < -0.3 is 10.1 Å². The average molecular weight is 622 g/mol. The van der Waals surface area contributed by atoms with Crippen LogP contribution >= 0.6 is 0 Å². The van der Waals surface area contributed by atoms with Crippen molar-refractivity contribution in [3.05, 3.63) is 0 Å². The molecule has 0 aliphatic heterocycles. The van der Waals surface area contributed by atoms with Crippen molar-refractivity contribution in [1.29, 1.82) is 0 Å². The number of unbranched alkanes of at least 4 members (excludes halogenated alkanes) is 27. The number of ether oxygens (including phenoxy) is 1. The van der Waals surface area contributed by atoms with Crippen molar-refractivity contribution in [2.45, 2.75) is 213 Å². The lowest BCUT2D eigenvalue weighted by Crippen LogP contribution is -2.38. The molecule has 1 amide bonds. The molecule has 5 heteroatoms. The lowest BCUT2D eigenvalue weighted by atomic mass is 9.92. The minimum absolute atomic E-state index is 0.0387. The first kappa shape index (κ1) is 42.6. The third kappa shape index (κ3) is 29.3. The lowest BCUT2D eigenvalue weighted by Gasteiger charge is -2.15. The van der Waals surface area contributed by atoms with Crippen molar-refractivity contribution < 1.29 is 19.1 Å². The first-order valence-corrected chi connectivity index (χ1v) is 19.4. The van der Waals surface area contributed by atoms with Crippen molar-refractivity contribution in [1.82, 2.24) is 5.32 Å². The Bertz CT molecular complexity index is 650. The Balaban J connectivity index is 4.01. The van der Waals surface area contributed by atoms with Gasteiger partial charge in [-0.1, -0.05) is 194 Å². The van der Waals surface area contributed by atoms with Crippen LogP contribution in [-0.2, 0) is 19.1 Å². The third-order valence-corrected chi connectivity index (χ3v) is 9.21. The van der Waals surface area contributed by atoms with Crippen LogP contribution in [0.25, 0.3) is 0 Å². The Labute approximate surface area is 274 Å². The van der Waals surface area contributed by atoms with Gasteiger partial charge in [-0.15, -0.1) is 0 Å². The van der Waals surface area contributed by atoms with E-state index in [9.17, 15) is 14.4 Å². The van der Waals surface area contributed by atoms with Gasteiger partial charge in [-0.2, -0.15) is 0 Å². The summed E-state index contributed by atoms with van der Waals surface area (Å²) in [5, 5.41) is 2.63. The van der Waals surface area contributed by atoms with Gasteiger partial charge in [0, 0.05) is 6.42 Å². The molecule has 1 unspecified atom stereocenters. The van der Waals surface area contributed by atoms with Gasteiger partial charge in [0.15, 0.2) is 0 Å². The number of Topliss-reactive ketones (excluding diaryl/α,β-unsaturated/α-hetero) is 1. The second-order valence-corrected chi connectivity index (χ2v) is 13.4. The maximum Gasteiger partial charge on any atom is 0.325 e. The van der Waals surface area contributed by atoms with Crippen LogP contribution in [0, 0.1) is 5.92 Å². The number of methoxy groups -OCH3 is 1. The number of hydrogen-bond donors (Lipinski definition) is 1. The van der Waals surface area contributed by atoms with E-state index in [1.165, 1.54) is 168 Å². The highest BCUT2D eigenvalue weighted by molar-refractivity contribution is 6.02. The minimum Gasteiger partial charge on any atom is -0.468 e. The maximum absolute atomic E-state index is 13.0. The molecule has 0 aliphatic rings. The van der Waals surface area contributed by atoms with E-state index in [0.717, 1.165) is 25.7 Å². The zero-order chi connectivity index (χ0) is 32.4. The van der Waals surface area contributed by atoms with Crippen molar-refractivity contribution in [2.75, 3.05) is 13.7 Å². The van der Waals surface area contributed by atoms with E-state index in [2.05, 4.69) is 23.9 Å². The van der Waals surface area contributed by atoms with Gasteiger partial charge in [0.05, 0.1) is 13.0 Å². The smallest absolute Gasteiger partial charge is 0.325 e. The predicted molar refractivity (Wildman–Crippen MR) is 188 cm³/mol. The number of amides is 1. The number of rotatable bonds is 35. The highest BCUT2D eigenvalue weighted by atomic mass is 16.5. The zero-order valence-corrected chi connectivity index (χ0v) is 29.8. The van der Waals surface area contributed by atoms with Gasteiger partial charge >= 0.3 is 5.97 Å². The summed E-state index contributed by atoms with van der Waals surface area (Å²) >= 11 is 0. The Morgan fingerprint density at radius 3 is 1.14 bits per heavy atom. The molecule has 0 aromatic carbocycles. The van der Waals surface area contributed by atoms with Crippen LogP contribution in [0.1, 0.15) is 213 Å². The topological polar surface area (TPSA) is 72.5 Å². The molecule has 0 saturated carbocycles. The van der Waals surface area contributed by atoms with Gasteiger partial charge in [-0.3, -0.25) is 14.4 Å². The maximum atomic E-state index is 13.0. The van der Waals surface area contributed by atoms with Crippen LogP contribution < -0.4 is 5.32 Å². The molecule has 0 bridgehead atoms. The first-order valence-electron chi connectivity index (χ1n) is 19.4. The molecule has 0 aromatic rings. The van der Waals surface area contributed by atoms with E-state index < -0.39 is 11.9 Å². The highest BCUT2D eigenvalue weighted by Crippen LogP contribution is 2.19. The summed E-state index contributed by atoms with van der Waals surface area (Å²) in [7, 11) is 1.31. The van der Waals surface area contributed by atoms with E-state index in [4.69, 9.17) is 0 Å². The molecule has 0 aliphatic carbocycles. The lowest BCUT2D eigenvalue weighted by molar-refractivity contribution is -0.143. The summed E-state index contributed by atoms with van der Waals surface area (Å²) in [6, 6.07) is 0. The van der Waals surface area contributed by atoms with Crippen LogP contribution in [0.5, 0.6) is 0 Å². The molecule has 5 nitrogen and oxygen atoms in total. The molecule has 1 atom stereocenters. The molecule has 1 N–H and O–H groups in total. The SMILES string of the molecule is CCCCCCCCCCCCCCCCCC(=O)C(CCCCCCCCCCCCCCCC)C(=O)NCC(=O)OC. The fourth-order valence-electron chi connectivity index (χ4n) is 6.18. The Hall–Kier alpha value is -1.39. The monoisotopic (exact) mass is 622 g/mol. The second kappa shape index (κ2) is 34.5. The number of hydrogen-bond acceptors (Lipinski definition) is 4. The second-order valence-electron chi connectivity index (χ2n) is 13.4. The van der Waals surface area contributed by atoms with E-state index in [1.807, 2.05) is 0 Å². The van der Waals surface area contributed by atoms with E-state index >= 15 is 0 Å². The quantitative estimate of drug-likeness (QED) is 0.0434. The van der Waals surface area contributed by atoms with E-state index in [0.29, 0.717) is 12.8 Å². The summed E-state index contributed by atoms with van der Waals surface area (Å²) in [6.07, 6.45) is 38.4. The van der Waals surface area contributed by atoms with E-state index in [-0.39, 0.29) is 18.2 Å². The van der Waals surface area contributed by atoms with Crippen LogP contribution in [0.2, 0.25) is 0 Å². The molecule has 0 heterocycles. The van der Waals surface area contributed by atoms with Gasteiger partial charge in [0.2, 0.25) is 5.91 Å². The summed E-state index contributed by atoms with van der Waals surface area (Å²) < 4.78 is 4.65. The highest BCUT2D eigenvalue weighted by Gasteiger charge is 2.25. The molecule has 0 radical (unpaired) electrons. The first-order chi connectivity index (χ1) is 21.6.